The summed E-state index contributed by atoms with van der Waals surface area (Å²) in [6.07, 6.45) is 0. The predicted molar refractivity (Wildman–Crippen MR) is 144 cm³/mol. The minimum absolute atomic E-state index is 0.121. The molecule has 0 unspecified atom stereocenters. The van der Waals surface area contributed by atoms with Gasteiger partial charge in [0.1, 0.15) is 17.2 Å². The van der Waals surface area contributed by atoms with Crippen LogP contribution in [0, 0.1) is 0 Å². The number of rotatable bonds is 15. The van der Waals surface area contributed by atoms with E-state index in [0.29, 0.717) is 17.2 Å². The average molecular weight is 616 g/mol. The maximum absolute atomic E-state index is 13.4. The van der Waals surface area contributed by atoms with E-state index in [4.69, 9.17) is 22.6 Å². The van der Waals surface area contributed by atoms with Gasteiger partial charge >= 0.3 is 0 Å². The van der Waals surface area contributed by atoms with E-state index in [1.165, 1.54) is 94.1 Å². The first-order chi connectivity index (χ1) is 18.9. The zero-order chi connectivity index (χ0) is 29.4. The summed E-state index contributed by atoms with van der Waals surface area (Å²) in [5.74, 6) is 1.31. The number of hydrogen-bond donors (Lipinski definition) is 0. The molecule has 0 bridgehead atoms. The van der Waals surface area contributed by atoms with Crippen LogP contribution in [0.5, 0.6) is 17.2 Å². The lowest BCUT2D eigenvalue weighted by Gasteiger charge is -2.22. The first-order valence-electron chi connectivity index (χ1n) is 11.6. The molecule has 3 aromatic rings. The van der Waals surface area contributed by atoms with Gasteiger partial charge in [0.2, 0.25) is 10.0 Å². The van der Waals surface area contributed by atoms with E-state index in [1.807, 2.05) is 0 Å². The van der Waals surface area contributed by atoms with E-state index in [0.717, 1.165) is 4.31 Å². The van der Waals surface area contributed by atoms with Gasteiger partial charge in [0.05, 0.1) is 49.2 Å². The van der Waals surface area contributed by atoms with Crippen LogP contribution in [0.25, 0.3) is 0 Å². The molecule has 0 saturated carbocycles. The highest BCUT2D eigenvalue weighted by Crippen LogP contribution is 2.22. The highest BCUT2D eigenvalue weighted by atomic mass is 32.2. The monoisotopic (exact) mass is 615 g/mol. The Morgan fingerprint density at radius 3 is 1.10 bits per heavy atom. The van der Waals surface area contributed by atoms with Crippen molar-refractivity contribution in [1.82, 2.24) is 4.31 Å². The smallest absolute Gasteiger partial charge is 0.297 e. The summed E-state index contributed by atoms with van der Waals surface area (Å²) in [7, 11) is -8.35. The summed E-state index contributed by atoms with van der Waals surface area (Å²) < 4.78 is 103. The molecule has 0 radical (unpaired) electrons. The summed E-state index contributed by atoms with van der Waals surface area (Å²) >= 11 is 0. The number of hydrogen-bond acceptors (Lipinski definition) is 11. The second-order valence-corrected chi connectivity index (χ2v) is 13.2. The third-order valence-electron chi connectivity index (χ3n) is 5.55. The first-order valence-corrected chi connectivity index (χ1v) is 15.9. The van der Waals surface area contributed by atoms with Crippen LogP contribution in [-0.4, -0.2) is 77.2 Å². The van der Waals surface area contributed by atoms with Crippen molar-refractivity contribution < 1.29 is 47.8 Å². The lowest BCUT2D eigenvalue weighted by molar-refractivity contribution is 0.242. The maximum atomic E-state index is 13.4. The summed E-state index contributed by atoms with van der Waals surface area (Å²) in [5.41, 5.74) is 0. The fourth-order valence-electron chi connectivity index (χ4n) is 3.37. The number of ether oxygens (including phenoxy) is 3. The fourth-order valence-corrected chi connectivity index (χ4v) is 6.57. The molecule has 12 nitrogen and oxygen atoms in total. The Bertz CT molecular complexity index is 1490. The summed E-state index contributed by atoms with van der Waals surface area (Å²) in [6.45, 7) is -1.94. The minimum atomic E-state index is -4.22. The summed E-state index contributed by atoms with van der Waals surface area (Å²) in [6, 6.07) is 16.4. The van der Waals surface area contributed by atoms with Crippen LogP contribution in [0.15, 0.2) is 87.5 Å². The molecule has 0 heterocycles. The lowest BCUT2D eigenvalue weighted by atomic mass is 10.3. The van der Waals surface area contributed by atoms with Gasteiger partial charge in [-0.15, -0.1) is 0 Å². The maximum Gasteiger partial charge on any atom is 0.297 e. The van der Waals surface area contributed by atoms with Crippen LogP contribution < -0.4 is 14.2 Å². The zero-order valence-corrected chi connectivity index (χ0v) is 24.4. The highest BCUT2D eigenvalue weighted by Gasteiger charge is 2.27. The second kappa shape index (κ2) is 13.4. The van der Waals surface area contributed by atoms with Gasteiger partial charge in [0, 0.05) is 13.1 Å². The lowest BCUT2D eigenvalue weighted by Crippen LogP contribution is -2.37. The average Bonchev–Trinajstić information content (AvgIpc) is 2.96. The van der Waals surface area contributed by atoms with Crippen molar-refractivity contribution in [3.05, 3.63) is 72.8 Å². The molecule has 0 aliphatic carbocycles. The van der Waals surface area contributed by atoms with Gasteiger partial charge in [-0.2, -0.15) is 21.1 Å². The molecule has 0 spiro atoms. The van der Waals surface area contributed by atoms with Crippen molar-refractivity contribution >= 4 is 30.3 Å². The third kappa shape index (κ3) is 7.93. The molecular weight excluding hydrogens is 586 g/mol. The molecule has 0 amide bonds. The van der Waals surface area contributed by atoms with E-state index in [9.17, 15) is 25.3 Å². The second-order valence-electron chi connectivity index (χ2n) is 7.98. The SMILES string of the molecule is COc1ccc(S(=O)(=O)OCCN(CCOS(=O)(=O)c2ccc(OC)cc2)S(=O)(=O)c2ccc(OC)cc2)cc1. The number of methoxy groups -OCH3 is 3. The van der Waals surface area contributed by atoms with Crippen molar-refractivity contribution in [2.24, 2.45) is 0 Å². The highest BCUT2D eigenvalue weighted by molar-refractivity contribution is 7.89. The molecule has 3 aromatic carbocycles. The number of sulfonamides is 1. The Hall–Kier alpha value is -3.21. The van der Waals surface area contributed by atoms with Gasteiger partial charge in [-0.05, 0) is 72.8 Å². The van der Waals surface area contributed by atoms with Gasteiger partial charge in [-0.25, -0.2) is 8.42 Å². The Morgan fingerprint density at radius 2 is 0.800 bits per heavy atom. The summed E-state index contributed by atoms with van der Waals surface area (Å²) in [5, 5.41) is 0. The molecule has 0 saturated heterocycles. The van der Waals surface area contributed by atoms with E-state index < -0.39 is 56.6 Å². The molecule has 0 N–H and O–H groups in total. The number of nitrogens with zero attached hydrogens (tertiary/aromatic N) is 1. The topological polar surface area (TPSA) is 152 Å². The predicted octanol–water partition coefficient (Wildman–Crippen LogP) is 2.51. The van der Waals surface area contributed by atoms with Gasteiger partial charge in [-0.1, -0.05) is 0 Å². The molecule has 0 aromatic heterocycles. The van der Waals surface area contributed by atoms with Crippen LogP contribution in [0.2, 0.25) is 0 Å². The summed E-state index contributed by atoms with van der Waals surface area (Å²) in [4.78, 5) is -0.414. The molecule has 0 aliphatic heterocycles. The molecule has 0 fully saturated rings. The van der Waals surface area contributed by atoms with Crippen LogP contribution in [-0.2, 0) is 38.6 Å². The van der Waals surface area contributed by atoms with Crippen molar-refractivity contribution in [2.75, 3.05) is 47.6 Å². The van der Waals surface area contributed by atoms with Gasteiger partial charge in [-0.3, -0.25) is 8.37 Å². The third-order valence-corrected chi connectivity index (χ3v) is 10.1. The molecule has 218 valence electrons. The largest absolute Gasteiger partial charge is 0.497 e. The van der Waals surface area contributed by atoms with Crippen LogP contribution in [0.4, 0.5) is 0 Å². The van der Waals surface area contributed by atoms with Gasteiger partial charge in [0.15, 0.2) is 0 Å². The molecule has 3 rings (SSSR count). The molecule has 15 heteroatoms. The molecule has 0 aliphatic rings. The normalized spacial score (nSPS) is 12.3. The van der Waals surface area contributed by atoms with E-state index >= 15 is 0 Å². The molecule has 0 atom stereocenters. The Labute approximate surface area is 234 Å². The number of benzene rings is 3. The quantitative estimate of drug-likeness (QED) is 0.232. The molecular formula is C25H29NO11S3. The van der Waals surface area contributed by atoms with Crippen LogP contribution >= 0.6 is 0 Å². The van der Waals surface area contributed by atoms with Crippen molar-refractivity contribution in [3.8, 4) is 17.2 Å². The standard InChI is InChI=1S/C25H29NO11S3/c1-33-20-4-10-23(11-5-20)38(27,28)26(16-18-36-39(29,30)24-12-6-21(34-2)7-13-24)17-19-37-40(31,32)25-14-8-22(35-3)9-15-25/h4-15H,16-19H2,1-3H3. The van der Waals surface area contributed by atoms with Crippen LogP contribution in [0.3, 0.4) is 0 Å². The minimum Gasteiger partial charge on any atom is -0.497 e. The van der Waals surface area contributed by atoms with E-state index in [-0.39, 0.29) is 14.7 Å². The van der Waals surface area contributed by atoms with Gasteiger partial charge < -0.3 is 14.2 Å². The van der Waals surface area contributed by atoms with Crippen LogP contribution in [0.1, 0.15) is 0 Å². The molecule has 40 heavy (non-hydrogen) atoms. The van der Waals surface area contributed by atoms with E-state index in [2.05, 4.69) is 0 Å². The fraction of sp³-hybridized carbons (Fsp3) is 0.280. The van der Waals surface area contributed by atoms with Crippen molar-refractivity contribution in [2.45, 2.75) is 14.7 Å². The Morgan fingerprint density at radius 1 is 0.500 bits per heavy atom. The van der Waals surface area contributed by atoms with Crippen molar-refractivity contribution in [1.29, 1.82) is 0 Å². The first kappa shape index (κ1) is 31.3. The van der Waals surface area contributed by atoms with Gasteiger partial charge in [0.25, 0.3) is 20.2 Å². The Kier molecular flexibility index (Phi) is 10.5. The van der Waals surface area contributed by atoms with Crippen molar-refractivity contribution in [3.63, 3.8) is 0 Å². The Balaban J connectivity index is 1.75. The zero-order valence-electron chi connectivity index (χ0n) is 21.9. The van der Waals surface area contributed by atoms with E-state index in [1.54, 1.807) is 0 Å².